The summed E-state index contributed by atoms with van der Waals surface area (Å²) in [6.07, 6.45) is 0. The molecule has 0 fully saturated rings. The van der Waals surface area contributed by atoms with Crippen LogP contribution in [-0.2, 0) is 0 Å². The Morgan fingerprint density at radius 3 is 1.46 bits per heavy atom. The SMILES string of the molecule is c1ccc2sc(N(c3ccc4c(c3)oc3ccccc34)c3ccc4c(c3)oc3nc(N(c5ccc6c(c5)oc5ccccc56)c5cc6ccccc6s5)nnc34)cc2c1. The molecule has 0 N–H and O–H groups in total. The number of aromatic nitrogens is 3. The fourth-order valence-corrected chi connectivity index (χ4v) is 10.5. The molecule has 0 aliphatic carbocycles. The van der Waals surface area contributed by atoms with Gasteiger partial charge in [0.05, 0.1) is 22.4 Å². The van der Waals surface area contributed by atoms with E-state index in [0.29, 0.717) is 22.8 Å². The Morgan fingerprint density at radius 1 is 0.390 bits per heavy atom. The molecule has 0 amide bonds. The summed E-state index contributed by atoms with van der Waals surface area (Å²) in [4.78, 5) is 9.35. The summed E-state index contributed by atoms with van der Waals surface area (Å²) in [6, 6.07) is 56.3. The second-order valence-corrected chi connectivity index (χ2v) is 16.6. The van der Waals surface area contributed by atoms with Crippen molar-refractivity contribution in [2.75, 3.05) is 9.80 Å². The molecule has 0 radical (unpaired) electrons. The quantitative estimate of drug-likeness (QED) is 0.164. The molecule has 7 aromatic carbocycles. The van der Waals surface area contributed by atoms with Gasteiger partial charge in [-0.05, 0) is 83.6 Å². The standard InChI is InChI=1S/C49H27N5O3S2/c1-7-15-43-28(9-1)23-45(58-43)53(30-17-20-35-33-11-3-5-13-38(33)55-40(35)25-30)31-19-22-37-42(26-31)57-48-47(37)51-52-49(50-48)54(46-24-29-10-2-8-16-44(29)59-46)32-18-21-36-34-12-4-6-14-39(34)56-41(36)27-32/h1-27H. The zero-order valence-electron chi connectivity index (χ0n) is 30.9. The van der Waals surface area contributed by atoms with Gasteiger partial charge in [0, 0.05) is 49.1 Å². The van der Waals surface area contributed by atoms with Crippen molar-refractivity contribution >= 4 is 142 Å². The first-order valence-electron chi connectivity index (χ1n) is 19.2. The number of anilines is 6. The highest BCUT2D eigenvalue weighted by Crippen LogP contribution is 2.46. The van der Waals surface area contributed by atoms with E-state index in [4.69, 9.17) is 28.4 Å². The van der Waals surface area contributed by atoms with Gasteiger partial charge in [0.15, 0.2) is 5.52 Å². The molecule has 0 atom stereocenters. The lowest BCUT2D eigenvalue weighted by atomic mass is 10.1. The third-order valence-corrected chi connectivity index (χ3v) is 13.2. The Labute approximate surface area is 342 Å². The summed E-state index contributed by atoms with van der Waals surface area (Å²) < 4.78 is 21.7. The zero-order valence-corrected chi connectivity index (χ0v) is 32.5. The predicted octanol–water partition coefficient (Wildman–Crippen LogP) is 14.9. The first-order valence-corrected chi connectivity index (χ1v) is 20.8. The van der Waals surface area contributed by atoms with E-state index in [2.05, 4.69) is 120 Å². The van der Waals surface area contributed by atoms with Crippen molar-refractivity contribution in [3.05, 3.63) is 164 Å². The monoisotopic (exact) mass is 797 g/mol. The van der Waals surface area contributed by atoms with Crippen LogP contribution in [0.15, 0.2) is 177 Å². The van der Waals surface area contributed by atoms with Crippen molar-refractivity contribution < 1.29 is 13.3 Å². The molecule has 10 heteroatoms. The first kappa shape index (κ1) is 32.5. The minimum Gasteiger partial charge on any atom is -0.456 e. The van der Waals surface area contributed by atoms with E-state index < -0.39 is 0 Å². The summed E-state index contributed by atoms with van der Waals surface area (Å²) in [5, 5.41) is 19.0. The second kappa shape index (κ2) is 12.5. The number of hydrogen-bond acceptors (Lipinski definition) is 10. The third kappa shape index (κ3) is 5.10. The van der Waals surface area contributed by atoms with Gasteiger partial charge in [0.25, 0.3) is 11.7 Å². The average molecular weight is 798 g/mol. The number of furan rings is 3. The summed E-state index contributed by atoms with van der Waals surface area (Å²) >= 11 is 3.40. The van der Waals surface area contributed by atoms with Crippen LogP contribution in [0.2, 0.25) is 0 Å². The van der Waals surface area contributed by atoms with Gasteiger partial charge >= 0.3 is 0 Å². The van der Waals surface area contributed by atoms with E-state index in [1.54, 1.807) is 22.7 Å². The van der Waals surface area contributed by atoms with E-state index >= 15 is 0 Å². The van der Waals surface area contributed by atoms with Crippen LogP contribution < -0.4 is 9.80 Å². The van der Waals surface area contributed by atoms with Crippen molar-refractivity contribution in [3.63, 3.8) is 0 Å². The maximum absolute atomic E-state index is 6.62. The smallest absolute Gasteiger partial charge is 0.258 e. The zero-order chi connectivity index (χ0) is 38.6. The Bertz CT molecular complexity index is 3490. The maximum Gasteiger partial charge on any atom is 0.258 e. The first-order chi connectivity index (χ1) is 29.2. The van der Waals surface area contributed by atoms with E-state index in [9.17, 15) is 0 Å². The summed E-state index contributed by atoms with van der Waals surface area (Å²) in [6.45, 7) is 0. The minimum atomic E-state index is 0.393. The van der Waals surface area contributed by atoms with Crippen molar-refractivity contribution in [2.45, 2.75) is 0 Å². The van der Waals surface area contributed by atoms with Gasteiger partial charge in [-0.25, -0.2) is 0 Å². The van der Waals surface area contributed by atoms with Crippen LogP contribution >= 0.6 is 22.7 Å². The maximum atomic E-state index is 6.62. The summed E-state index contributed by atoms with van der Waals surface area (Å²) in [5.41, 5.74) is 7.72. The average Bonchev–Trinajstić information content (AvgIpc) is 4.10. The van der Waals surface area contributed by atoms with Gasteiger partial charge in [-0.3, -0.25) is 4.90 Å². The van der Waals surface area contributed by atoms with Crippen LogP contribution in [0, 0.1) is 0 Å². The molecule has 13 aromatic rings. The molecule has 278 valence electrons. The van der Waals surface area contributed by atoms with Crippen LogP contribution in [-0.4, -0.2) is 15.2 Å². The normalized spacial score (nSPS) is 12.1. The molecule has 0 aliphatic heterocycles. The number of nitrogens with zero attached hydrogens (tertiary/aromatic N) is 5. The third-order valence-electron chi connectivity index (χ3n) is 11.0. The highest BCUT2D eigenvalue weighted by Gasteiger charge is 2.24. The van der Waals surface area contributed by atoms with Gasteiger partial charge in [0.1, 0.15) is 37.9 Å². The largest absolute Gasteiger partial charge is 0.456 e. The molecule has 6 heterocycles. The van der Waals surface area contributed by atoms with E-state index in [-0.39, 0.29) is 0 Å². The Balaban J connectivity index is 0.959. The highest BCUT2D eigenvalue weighted by molar-refractivity contribution is 7.23. The van der Waals surface area contributed by atoms with Crippen LogP contribution in [0.25, 0.3) is 86.2 Å². The molecule has 6 aromatic heterocycles. The minimum absolute atomic E-state index is 0.393. The number of para-hydroxylation sites is 2. The number of thiophene rings is 2. The van der Waals surface area contributed by atoms with Crippen LogP contribution in [0.1, 0.15) is 0 Å². The van der Waals surface area contributed by atoms with Crippen LogP contribution in [0.3, 0.4) is 0 Å². The Hall–Kier alpha value is -7.53. The molecule has 59 heavy (non-hydrogen) atoms. The van der Waals surface area contributed by atoms with E-state index in [1.165, 1.54) is 10.1 Å². The molecule has 0 spiro atoms. The second-order valence-electron chi connectivity index (χ2n) is 14.5. The van der Waals surface area contributed by atoms with Gasteiger partial charge in [0.2, 0.25) is 0 Å². The molecule has 13 rings (SSSR count). The fourth-order valence-electron chi connectivity index (χ4n) is 8.28. The molecule has 0 aliphatic rings. The molecule has 0 bridgehead atoms. The molecular weight excluding hydrogens is 771 g/mol. The molecule has 0 unspecified atom stereocenters. The van der Waals surface area contributed by atoms with Gasteiger partial charge in [-0.1, -0.05) is 72.8 Å². The van der Waals surface area contributed by atoms with Crippen LogP contribution in [0.5, 0.6) is 0 Å². The molecular formula is C49H27N5O3S2. The Morgan fingerprint density at radius 2 is 0.864 bits per heavy atom. The van der Waals surface area contributed by atoms with E-state index in [1.807, 2.05) is 53.4 Å². The molecule has 0 saturated heterocycles. The number of rotatable bonds is 6. The van der Waals surface area contributed by atoms with Crippen LogP contribution in [0.4, 0.5) is 33.0 Å². The summed E-state index contributed by atoms with van der Waals surface area (Å²) in [7, 11) is 0. The summed E-state index contributed by atoms with van der Waals surface area (Å²) in [5.74, 6) is 0.393. The van der Waals surface area contributed by atoms with Crippen molar-refractivity contribution in [3.8, 4) is 0 Å². The lowest BCUT2D eigenvalue weighted by Crippen LogP contribution is -2.12. The van der Waals surface area contributed by atoms with Gasteiger partial charge in [-0.2, -0.15) is 4.98 Å². The number of hydrogen-bond donors (Lipinski definition) is 0. The molecule has 8 nitrogen and oxygen atoms in total. The van der Waals surface area contributed by atoms with Crippen molar-refractivity contribution in [1.29, 1.82) is 0 Å². The van der Waals surface area contributed by atoms with Gasteiger partial charge < -0.3 is 18.2 Å². The predicted molar refractivity (Wildman–Crippen MR) is 242 cm³/mol. The fraction of sp³-hybridized carbons (Fsp3) is 0. The van der Waals surface area contributed by atoms with Gasteiger partial charge in [-0.15, -0.1) is 32.9 Å². The van der Waals surface area contributed by atoms with Crippen molar-refractivity contribution in [1.82, 2.24) is 15.2 Å². The Kier molecular flexibility index (Phi) is 6.89. The van der Waals surface area contributed by atoms with Crippen molar-refractivity contribution in [2.24, 2.45) is 0 Å². The highest BCUT2D eigenvalue weighted by atomic mass is 32.1. The lowest BCUT2D eigenvalue weighted by molar-refractivity contribution is 0.650. The number of fused-ring (bicyclic) bond motifs is 11. The lowest BCUT2D eigenvalue weighted by Gasteiger charge is -2.23. The molecule has 0 saturated carbocycles. The van der Waals surface area contributed by atoms with E-state index in [0.717, 1.165) is 86.4 Å². The topological polar surface area (TPSA) is 84.6 Å². The number of benzene rings is 7.